The van der Waals surface area contributed by atoms with Crippen molar-refractivity contribution < 1.29 is 14.9 Å². The molecule has 3 aliphatic heterocycles. The highest BCUT2D eigenvalue weighted by Gasteiger charge is 2.47. The van der Waals surface area contributed by atoms with Crippen molar-refractivity contribution in [1.82, 2.24) is 15.0 Å². The predicted octanol–water partition coefficient (Wildman–Crippen LogP) is 4.02. The SMILES string of the molecule is C[C@@H]1OCC2(CCN(c3ncc(Sc4ccc(N5CC(C(C)(C)O)C5)nc4Cl)nc3CO)CC2)[C@@H]1C. The first-order valence-corrected chi connectivity index (χ1v) is 13.9. The van der Waals surface area contributed by atoms with Crippen molar-refractivity contribution in [2.45, 2.75) is 68.8 Å². The highest BCUT2D eigenvalue weighted by atomic mass is 35.5. The maximum atomic E-state index is 10.2. The summed E-state index contributed by atoms with van der Waals surface area (Å²) in [5.41, 5.74) is 0.140. The largest absolute Gasteiger partial charge is 0.390 e. The van der Waals surface area contributed by atoms with Crippen molar-refractivity contribution in [2.75, 3.05) is 42.6 Å². The van der Waals surface area contributed by atoms with E-state index in [0.717, 1.165) is 62.2 Å². The highest BCUT2D eigenvalue weighted by Crippen LogP contribution is 2.47. The molecule has 0 bridgehead atoms. The summed E-state index contributed by atoms with van der Waals surface area (Å²) >= 11 is 7.91. The molecule has 0 aliphatic carbocycles. The molecule has 1 spiro atoms. The summed E-state index contributed by atoms with van der Waals surface area (Å²) in [6.07, 6.45) is 4.18. The third kappa shape index (κ3) is 4.92. The molecule has 0 radical (unpaired) electrons. The third-order valence-electron chi connectivity index (χ3n) is 8.53. The first-order valence-electron chi connectivity index (χ1n) is 12.7. The number of pyridine rings is 1. The summed E-state index contributed by atoms with van der Waals surface area (Å²) in [5, 5.41) is 21.3. The number of rotatable bonds is 6. The molecule has 3 saturated heterocycles. The Morgan fingerprint density at radius 2 is 1.89 bits per heavy atom. The number of nitrogens with zero attached hydrogens (tertiary/aromatic N) is 5. The van der Waals surface area contributed by atoms with E-state index in [1.54, 1.807) is 6.20 Å². The Balaban J connectivity index is 1.24. The molecule has 0 amide bonds. The van der Waals surface area contributed by atoms with E-state index in [1.807, 2.05) is 26.0 Å². The van der Waals surface area contributed by atoms with Gasteiger partial charge < -0.3 is 24.7 Å². The van der Waals surface area contributed by atoms with Gasteiger partial charge in [0.2, 0.25) is 0 Å². The number of aromatic nitrogens is 3. The van der Waals surface area contributed by atoms with Crippen molar-refractivity contribution in [2.24, 2.45) is 17.3 Å². The topological polar surface area (TPSA) is 94.8 Å². The minimum absolute atomic E-state index is 0.169. The monoisotopic (exact) mass is 533 g/mol. The van der Waals surface area contributed by atoms with Crippen LogP contribution in [0.2, 0.25) is 5.15 Å². The van der Waals surface area contributed by atoms with Gasteiger partial charge in [0, 0.05) is 37.5 Å². The van der Waals surface area contributed by atoms with Crippen molar-refractivity contribution in [3.05, 3.63) is 29.2 Å². The average molecular weight is 534 g/mol. The van der Waals surface area contributed by atoms with E-state index in [2.05, 4.69) is 28.6 Å². The van der Waals surface area contributed by atoms with Gasteiger partial charge in [-0.3, -0.25) is 0 Å². The van der Waals surface area contributed by atoms with E-state index < -0.39 is 5.60 Å². The third-order valence-corrected chi connectivity index (χ3v) is 9.89. The van der Waals surface area contributed by atoms with Crippen molar-refractivity contribution in [3.63, 3.8) is 0 Å². The van der Waals surface area contributed by atoms with Crippen LogP contribution in [-0.2, 0) is 11.3 Å². The van der Waals surface area contributed by atoms with Crippen LogP contribution in [0.4, 0.5) is 11.6 Å². The Morgan fingerprint density at radius 3 is 2.47 bits per heavy atom. The standard InChI is InChI=1S/C26H36ClN5O3S/c1-16-17(2)35-15-26(16)7-9-31(10-8-26)24-19(14-33)29-22(11-28-24)36-20-5-6-21(30-23(20)27)32-12-18(13-32)25(3,4)34/h5-6,11,16-18,33-34H,7-10,12-15H2,1-4H3/t16-,17+/m1/s1. The zero-order chi connectivity index (χ0) is 25.7. The summed E-state index contributed by atoms with van der Waals surface area (Å²) in [4.78, 5) is 19.1. The zero-order valence-electron chi connectivity index (χ0n) is 21.4. The van der Waals surface area contributed by atoms with E-state index in [1.165, 1.54) is 11.8 Å². The number of piperidine rings is 1. The van der Waals surface area contributed by atoms with Crippen LogP contribution in [0.5, 0.6) is 0 Å². The van der Waals surface area contributed by atoms with E-state index in [0.29, 0.717) is 27.9 Å². The lowest BCUT2D eigenvalue weighted by atomic mass is 9.70. The molecule has 0 unspecified atom stereocenters. The second-order valence-electron chi connectivity index (χ2n) is 11.1. The molecule has 5 rings (SSSR count). The Kier molecular flexibility index (Phi) is 7.15. The van der Waals surface area contributed by atoms with Gasteiger partial charge in [-0.15, -0.1) is 0 Å². The fraction of sp³-hybridized carbons (Fsp3) is 0.654. The molecule has 196 valence electrons. The number of aliphatic hydroxyl groups excluding tert-OH is 1. The molecule has 36 heavy (non-hydrogen) atoms. The van der Waals surface area contributed by atoms with E-state index in [-0.39, 0.29) is 17.9 Å². The van der Waals surface area contributed by atoms with Crippen LogP contribution in [0, 0.1) is 17.3 Å². The lowest BCUT2D eigenvalue weighted by molar-refractivity contribution is 0.00438. The van der Waals surface area contributed by atoms with Crippen LogP contribution in [0.15, 0.2) is 28.3 Å². The summed E-state index contributed by atoms with van der Waals surface area (Å²) in [7, 11) is 0. The van der Waals surface area contributed by atoms with Crippen molar-refractivity contribution >= 4 is 35.0 Å². The van der Waals surface area contributed by atoms with Crippen LogP contribution < -0.4 is 9.80 Å². The fourth-order valence-electron chi connectivity index (χ4n) is 5.55. The molecule has 3 fully saturated rings. The van der Waals surface area contributed by atoms with E-state index in [9.17, 15) is 10.2 Å². The van der Waals surface area contributed by atoms with Gasteiger partial charge in [0.05, 0.1) is 36.0 Å². The summed E-state index contributed by atoms with van der Waals surface area (Å²) < 4.78 is 5.96. The van der Waals surface area contributed by atoms with Crippen molar-refractivity contribution in [3.8, 4) is 0 Å². The van der Waals surface area contributed by atoms with Crippen LogP contribution >= 0.6 is 23.4 Å². The minimum atomic E-state index is -0.692. The van der Waals surface area contributed by atoms with Gasteiger partial charge in [0.25, 0.3) is 0 Å². The Bertz CT molecular complexity index is 1100. The molecule has 3 aliphatic rings. The first kappa shape index (κ1) is 26.0. The molecule has 0 aromatic carbocycles. The Morgan fingerprint density at radius 1 is 1.17 bits per heavy atom. The zero-order valence-corrected chi connectivity index (χ0v) is 23.0. The van der Waals surface area contributed by atoms with Gasteiger partial charge in [-0.25, -0.2) is 15.0 Å². The van der Waals surface area contributed by atoms with Crippen LogP contribution in [-0.4, -0.2) is 69.7 Å². The van der Waals surface area contributed by atoms with Gasteiger partial charge in [0.15, 0.2) is 5.82 Å². The maximum absolute atomic E-state index is 10.2. The van der Waals surface area contributed by atoms with Crippen LogP contribution in [0.3, 0.4) is 0 Å². The molecule has 2 atom stereocenters. The number of hydrogen-bond acceptors (Lipinski definition) is 9. The van der Waals surface area contributed by atoms with Crippen molar-refractivity contribution in [1.29, 1.82) is 0 Å². The van der Waals surface area contributed by atoms with Gasteiger partial charge >= 0.3 is 0 Å². The molecule has 10 heteroatoms. The molecule has 0 saturated carbocycles. The Hall–Kier alpha value is -1.65. The minimum Gasteiger partial charge on any atom is -0.390 e. The number of hydrogen-bond donors (Lipinski definition) is 2. The van der Waals surface area contributed by atoms with E-state index >= 15 is 0 Å². The smallest absolute Gasteiger partial charge is 0.152 e. The average Bonchev–Trinajstić information content (AvgIpc) is 3.08. The maximum Gasteiger partial charge on any atom is 0.152 e. The van der Waals surface area contributed by atoms with Gasteiger partial charge in [-0.05, 0) is 51.7 Å². The molecule has 2 aromatic heterocycles. The number of ether oxygens (including phenoxy) is 1. The molecule has 8 nitrogen and oxygen atoms in total. The molecular weight excluding hydrogens is 498 g/mol. The number of aliphatic hydroxyl groups is 2. The molecule has 2 aromatic rings. The van der Waals surface area contributed by atoms with Gasteiger partial charge in [-0.2, -0.15) is 0 Å². The molecular formula is C26H36ClN5O3S. The summed E-state index contributed by atoms with van der Waals surface area (Å²) in [6, 6.07) is 3.89. The van der Waals surface area contributed by atoms with Gasteiger partial charge in [0.1, 0.15) is 21.7 Å². The number of anilines is 2. The molecule has 5 heterocycles. The quantitative estimate of drug-likeness (QED) is 0.534. The second kappa shape index (κ2) is 9.91. The summed E-state index contributed by atoms with van der Waals surface area (Å²) in [5.74, 6) is 2.34. The summed E-state index contributed by atoms with van der Waals surface area (Å²) in [6.45, 7) is 12.1. The van der Waals surface area contributed by atoms with E-state index in [4.69, 9.17) is 26.3 Å². The second-order valence-corrected chi connectivity index (χ2v) is 12.5. The van der Waals surface area contributed by atoms with Gasteiger partial charge in [-0.1, -0.05) is 30.3 Å². The lowest BCUT2D eigenvalue weighted by Gasteiger charge is -2.45. The van der Waals surface area contributed by atoms with Crippen LogP contribution in [0.1, 0.15) is 46.2 Å². The van der Waals surface area contributed by atoms with Crippen LogP contribution in [0.25, 0.3) is 0 Å². The predicted molar refractivity (Wildman–Crippen MR) is 142 cm³/mol. The highest BCUT2D eigenvalue weighted by molar-refractivity contribution is 7.99. The Labute approximate surface area is 222 Å². The normalized spacial score (nSPS) is 24.4. The molecule has 2 N–H and O–H groups in total. The fourth-order valence-corrected chi connectivity index (χ4v) is 6.56. The lowest BCUT2D eigenvalue weighted by Crippen LogP contribution is -2.56. The number of halogens is 1. The first-order chi connectivity index (χ1) is 17.1.